The van der Waals surface area contributed by atoms with Gasteiger partial charge in [-0.05, 0) is 0 Å². The van der Waals surface area contributed by atoms with Crippen molar-refractivity contribution < 1.29 is 8.42 Å². The Hall–Kier alpha value is -2.17. The van der Waals surface area contributed by atoms with Gasteiger partial charge in [0.25, 0.3) is 0 Å². The van der Waals surface area contributed by atoms with Crippen LogP contribution in [0.15, 0.2) is 100 Å². The summed E-state index contributed by atoms with van der Waals surface area (Å²) >= 11 is 0.190. The van der Waals surface area contributed by atoms with Crippen LogP contribution < -0.4 is 4.46 Å². The quantitative estimate of drug-likeness (QED) is 0.502. The fourth-order valence-corrected chi connectivity index (χ4v) is 6.97. The van der Waals surface area contributed by atoms with E-state index in [1.807, 2.05) is 43.3 Å². The number of hydrogen-bond donors (Lipinski definition) is 0. The minimum absolute atomic E-state index is 0.190. The third-order valence-electron chi connectivity index (χ3n) is 5.38. The van der Waals surface area contributed by atoms with Crippen molar-refractivity contribution >= 4 is 29.4 Å². The van der Waals surface area contributed by atoms with Crippen LogP contribution >= 0.6 is 0 Å². The first kappa shape index (κ1) is 21.1. The van der Waals surface area contributed by atoms with Gasteiger partial charge in [0.05, 0.1) is 0 Å². The van der Waals surface area contributed by atoms with Crippen LogP contribution in [0, 0.1) is 12.8 Å². The summed E-state index contributed by atoms with van der Waals surface area (Å²) in [6.07, 6.45) is 0.859. The molecule has 0 spiro atoms. The molecular formula is C25H25NO2SSe. The Bertz CT molecular complexity index is 1110. The fourth-order valence-electron chi connectivity index (χ4n) is 3.67. The summed E-state index contributed by atoms with van der Waals surface area (Å²) in [5, 5.41) is 0. The molecule has 1 aliphatic heterocycles. The SMILES string of the molecule is Cc1ccc(S(=O)(=O)N2C/C(=C\[Se]c3ccccc3)C(Cc3ccccc3)C2)cc1. The maximum absolute atomic E-state index is 13.3. The van der Waals surface area contributed by atoms with E-state index in [1.54, 1.807) is 16.4 Å². The molecule has 3 nitrogen and oxygen atoms in total. The van der Waals surface area contributed by atoms with Gasteiger partial charge in [0.2, 0.25) is 0 Å². The van der Waals surface area contributed by atoms with Crippen molar-refractivity contribution in [3.8, 4) is 0 Å². The van der Waals surface area contributed by atoms with Crippen LogP contribution in [-0.4, -0.2) is 40.8 Å². The molecular weight excluding hydrogens is 457 g/mol. The summed E-state index contributed by atoms with van der Waals surface area (Å²) < 4.78 is 29.5. The molecule has 30 heavy (non-hydrogen) atoms. The average Bonchev–Trinajstić information content (AvgIpc) is 3.17. The topological polar surface area (TPSA) is 37.4 Å². The monoisotopic (exact) mass is 483 g/mol. The normalized spacial score (nSPS) is 18.7. The van der Waals surface area contributed by atoms with Crippen molar-refractivity contribution in [3.63, 3.8) is 0 Å². The molecule has 0 N–H and O–H groups in total. The van der Waals surface area contributed by atoms with Gasteiger partial charge in [-0.25, -0.2) is 0 Å². The zero-order chi connectivity index (χ0) is 21.0. The Morgan fingerprint density at radius 1 is 0.933 bits per heavy atom. The van der Waals surface area contributed by atoms with Crippen LogP contribution in [0.3, 0.4) is 0 Å². The number of sulfonamides is 1. The average molecular weight is 483 g/mol. The third-order valence-corrected chi connectivity index (χ3v) is 9.23. The summed E-state index contributed by atoms with van der Waals surface area (Å²) in [6.45, 7) is 2.97. The molecule has 1 heterocycles. The molecule has 1 aliphatic rings. The zero-order valence-corrected chi connectivity index (χ0v) is 19.5. The van der Waals surface area contributed by atoms with Gasteiger partial charge >= 0.3 is 186 Å². The van der Waals surface area contributed by atoms with Gasteiger partial charge in [0.1, 0.15) is 0 Å². The van der Waals surface area contributed by atoms with Gasteiger partial charge in [-0.1, -0.05) is 0 Å². The summed E-state index contributed by atoms with van der Waals surface area (Å²) in [5.74, 6) is 0.207. The number of hydrogen-bond acceptors (Lipinski definition) is 2. The Balaban J connectivity index is 1.60. The first-order chi connectivity index (χ1) is 14.5. The molecule has 0 bridgehead atoms. The second kappa shape index (κ2) is 9.32. The number of aryl methyl sites for hydroxylation is 1. The van der Waals surface area contributed by atoms with E-state index < -0.39 is 10.0 Å². The first-order valence-corrected chi connectivity index (χ1v) is 13.3. The van der Waals surface area contributed by atoms with Crippen molar-refractivity contribution in [2.45, 2.75) is 18.2 Å². The van der Waals surface area contributed by atoms with Gasteiger partial charge in [0, 0.05) is 0 Å². The summed E-state index contributed by atoms with van der Waals surface area (Å²) in [5.41, 5.74) is 3.54. The van der Waals surface area contributed by atoms with Gasteiger partial charge < -0.3 is 0 Å². The Labute approximate surface area is 185 Å². The van der Waals surface area contributed by atoms with Crippen LogP contribution in [0.2, 0.25) is 0 Å². The van der Waals surface area contributed by atoms with E-state index >= 15 is 0 Å². The van der Waals surface area contributed by atoms with Gasteiger partial charge in [-0.3, -0.25) is 0 Å². The van der Waals surface area contributed by atoms with Gasteiger partial charge in [-0.15, -0.1) is 0 Å². The first-order valence-electron chi connectivity index (χ1n) is 10.0. The van der Waals surface area contributed by atoms with E-state index in [1.165, 1.54) is 15.6 Å². The minimum atomic E-state index is -3.50. The Kier molecular flexibility index (Phi) is 6.55. The van der Waals surface area contributed by atoms with E-state index in [2.05, 4.69) is 41.4 Å². The van der Waals surface area contributed by atoms with Crippen LogP contribution in [0.4, 0.5) is 0 Å². The zero-order valence-electron chi connectivity index (χ0n) is 16.9. The molecule has 3 aromatic rings. The Morgan fingerprint density at radius 3 is 2.23 bits per heavy atom. The molecule has 0 aliphatic carbocycles. The molecule has 1 atom stereocenters. The molecule has 1 saturated heterocycles. The Morgan fingerprint density at radius 2 is 1.57 bits per heavy atom. The molecule has 0 aromatic heterocycles. The molecule has 0 saturated carbocycles. The molecule has 3 aromatic carbocycles. The van der Waals surface area contributed by atoms with Crippen molar-refractivity contribution in [1.82, 2.24) is 4.31 Å². The second-order valence-corrected chi connectivity index (χ2v) is 11.5. The molecule has 5 heteroatoms. The molecule has 1 fully saturated rings. The molecule has 154 valence electrons. The van der Waals surface area contributed by atoms with E-state index in [9.17, 15) is 8.42 Å². The van der Waals surface area contributed by atoms with Crippen LogP contribution in [-0.2, 0) is 16.4 Å². The van der Waals surface area contributed by atoms with Crippen molar-refractivity contribution in [2.24, 2.45) is 5.92 Å². The van der Waals surface area contributed by atoms with Crippen molar-refractivity contribution in [3.05, 3.63) is 107 Å². The van der Waals surface area contributed by atoms with Crippen LogP contribution in [0.1, 0.15) is 11.1 Å². The van der Waals surface area contributed by atoms with Crippen molar-refractivity contribution in [1.29, 1.82) is 0 Å². The van der Waals surface area contributed by atoms with E-state index in [0.29, 0.717) is 18.0 Å². The molecule has 0 radical (unpaired) electrons. The van der Waals surface area contributed by atoms with E-state index in [4.69, 9.17) is 0 Å². The number of rotatable bonds is 6. The predicted molar refractivity (Wildman–Crippen MR) is 123 cm³/mol. The summed E-state index contributed by atoms with van der Waals surface area (Å²) in [4.78, 5) is 2.67. The number of benzene rings is 3. The van der Waals surface area contributed by atoms with Gasteiger partial charge in [0.15, 0.2) is 0 Å². The van der Waals surface area contributed by atoms with Crippen LogP contribution in [0.5, 0.6) is 0 Å². The standard InChI is InChI=1S/C25H25NO2SSe/c1-20-12-14-24(15-13-20)29(27,28)26-17-22(16-21-8-4-2-5-9-21)23(18-26)19-30-25-10-6-3-7-11-25/h2-15,19,22H,16-18H2,1H3/b23-19+. The third kappa shape index (κ3) is 4.93. The molecule has 4 rings (SSSR count). The predicted octanol–water partition coefficient (Wildman–Crippen LogP) is 3.77. The molecule has 1 unspecified atom stereocenters. The van der Waals surface area contributed by atoms with E-state index in [-0.39, 0.29) is 20.9 Å². The summed E-state index contributed by atoms with van der Waals surface area (Å²) in [6, 6.07) is 27.9. The molecule has 0 amide bonds. The van der Waals surface area contributed by atoms with Crippen molar-refractivity contribution in [2.75, 3.05) is 13.1 Å². The fraction of sp³-hybridized carbons (Fsp3) is 0.200. The van der Waals surface area contributed by atoms with Crippen LogP contribution in [0.25, 0.3) is 0 Å². The number of nitrogens with zero attached hydrogens (tertiary/aromatic N) is 1. The second-order valence-electron chi connectivity index (χ2n) is 7.62. The van der Waals surface area contributed by atoms with E-state index in [0.717, 1.165) is 12.0 Å². The van der Waals surface area contributed by atoms with Gasteiger partial charge in [-0.2, -0.15) is 0 Å². The summed E-state index contributed by atoms with van der Waals surface area (Å²) in [7, 11) is -3.50. The maximum atomic E-state index is 13.3.